The van der Waals surface area contributed by atoms with Crippen LogP contribution in [0.25, 0.3) is 32.7 Å². The van der Waals surface area contributed by atoms with Crippen LogP contribution in [0.15, 0.2) is 133 Å². The van der Waals surface area contributed by atoms with E-state index in [2.05, 4.69) is 165 Å². The third-order valence-corrected chi connectivity index (χ3v) is 11.1. The number of aryl methyl sites for hydroxylation is 2. The van der Waals surface area contributed by atoms with E-state index in [1.807, 2.05) is 30.3 Å². The number of hydrogen-bond donors (Lipinski definition) is 0. The van der Waals surface area contributed by atoms with E-state index in [-0.39, 0.29) is 35.6 Å². The SMILES string of the molecule is Cc1[c-]c2c(cc1C(C)(C)C)-c1cc(C(C)(C)C)c(C)cc1C2.[Cl-].[Cl-].[Zr+2]=[C](c1cccc2ccccc12)c1cccc2ccccc12.c1cc[cH-]c1. The van der Waals surface area contributed by atoms with Crippen molar-refractivity contribution >= 4 is 24.8 Å². The molecule has 0 saturated carbocycles. The van der Waals surface area contributed by atoms with Gasteiger partial charge in [0, 0.05) is 0 Å². The Labute approximate surface area is 339 Å². The Hall–Kier alpha value is -3.48. The summed E-state index contributed by atoms with van der Waals surface area (Å²) in [5, 5.41) is 5.29. The third-order valence-electron chi connectivity index (χ3n) is 9.75. The summed E-state index contributed by atoms with van der Waals surface area (Å²) >= 11 is 1.44. The first-order valence-electron chi connectivity index (χ1n) is 17.7. The van der Waals surface area contributed by atoms with Crippen molar-refractivity contribution in [3.8, 4) is 11.1 Å². The van der Waals surface area contributed by atoms with E-state index in [1.54, 1.807) is 0 Å². The fourth-order valence-electron chi connectivity index (χ4n) is 7.38. The molecule has 1 aliphatic carbocycles. The van der Waals surface area contributed by atoms with Crippen LogP contribution in [-0.4, -0.2) is 3.21 Å². The summed E-state index contributed by atoms with van der Waals surface area (Å²) in [6.45, 7) is 18.2. The second kappa shape index (κ2) is 17.1. The number of benzene rings is 6. The zero-order chi connectivity index (χ0) is 35.6. The summed E-state index contributed by atoms with van der Waals surface area (Å²) < 4.78 is 1.42. The fraction of sp³-hybridized carbons (Fsp3) is 0.224. The van der Waals surface area contributed by atoms with Gasteiger partial charge < -0.3 is 24.8 Å². The van der Waals surface area contributed by atoms with Gasteiger partial charge in [-0.3, -0.25) is 0 Å². The maximum Gasteiger partial charge on any atom is -0.172 e. The molecule has 1 aliphatic rings. The summed E-state index contributed by atoms with van der Waals surface area (Å²) in [5.74, 6) is 0. The molecule has 3 heteroatoms. The first kappa shape index (κ1) is 41.3. The molecule has 7 aromatic carbocycles. The van der Waals surface area contributed by atoms with Crippen LogP contribution in [0.4, 0.5) is 0 Å². The van der Waals surface area contributed by atoms with Gasteiger partial charge in [0.05, 0.1) is 0 Å². The molecule has 0 fully saturated rings. The quantitative estimate of drug-likeness (QED) is 0.169. The molecule has 0 bridgehead atoms. The zero-order valence-corrected chi connectivity index (χ0v) is 35.6. The average Bonchev–Trinajstić information content (AvgIpc) is 3.78. The van der Waals surface area contributed by atoms with Crippen LogP contribution >= 0.6 is 0 Å². The number of fused-ring (bicyclic) bond motifs is 5. The molecular weight excluding hydrogens is 751 g/mol. The third kappa shape index (κ3) is 9.00. The molecule has 264 valence electrons. The predicted octanol–water partition coefficient (Wildman–Crippen LogP) is 6.79. The normalized spacial score (nSPS) is 11.6. The van der Waals surface area contributed by atoms with Crippen molar-refractivity contribution in [1.82, 2.24) is 0 Å². The zero-order valence-electron chi connectivity index (χ0n) is 31.7. The van der Waals surface area contributed by atoms with Crippen molar-refractivity contribution in [3.05, 3.63) is 184 Å². The van der Waals surface area contributed by atoms with E-state index in [0.717, 1.165) is 6.42 Å². The molecule has 0 nitrogen and oxygen atoms in total. The summed E-state index contributed by atoms with van der Waals surface area (Å²) in [5.41, 5.74) is 14.3. The molecule has 0 saturated heterocycles. The second-order valence-electron chi connectivity index (χ2n) is 15.6. The Morgan fingerprint density at radius 2 is 1.08 bits per heavy atom. The van der Waals surface area contributed by atoms with Crippen molar-refractivity contribution < 1.29 is 49.0 Å². The van der Waals surface area contributed by atoms with E-state index in [1.165, 1.54) is 105 Å². The van der Waals surface area contributed by atoms with Gasteiger partial charge in [0.15, 0.2) is 0 Å². The van der Waals surface area contributed by atoms with Gasteiger partial charge in [-0.15, -0.1) is 16.7 Å². The van der Waals surface area contributed by atoms with Gasteiger partial charge >= 0.3 is 145 Å². The minimum Gasteiger partial charge on any atom is -0.214 e. The predicted molar refractivity (Wildman–Crippen MR) is 214 cm³/mol. The van der Waals surface area contributed by atoms with Crippen molar-refractivity contribution in [2.24, 2.45) is 0 Å². The van der Waals surface area contributed by atoms with Crippen LogP contribution in [0.5, 0.6) is 0 Å². The van der Waals surface area contributed by atoms with Crippen LogP contribution in [0, 0.1) is 19.9 Å². The Bertz CT molecular complexity index is 2120. The van der Waals surface area contributed by atoms with Gasteiger partial charge in [-0.2, -0.15) is 35.9 Å². The van der Waals surface area contributed by atoms with Crippen LogP contribution in [0.2, 0.25) is 0 Å². The van der Waals surface area contributed by atoms with Crippen LogP contribution in [-0.2, 0) is 41.5 Å². The van der Waals surface area contributed by atoms with Gasteiger partial charge in [0.25, 0.3) is 0 Å². The van der Waals surface area contributed by atoms with Gasteiger partial charge in [-0.1, -0.05) is 71.6 Å². The largest absolute Gasteiger partial charge is 0.214 e. The first-order chi connectivity index (χ1) is 23.8. The smallest absolute Gasteiger partial charge is 0.172 e. The molecule has 0 N–H and O–H groups in total. The molecule has 8 rings (SSSR count). The van der Waals surface area contributed by atoms with Crippen LogP contribution in [0.1, 0.15) is 86.1 Å². The van der Waals surface area contributed by atoms with Crippen molar-refractivity contribution in [2.45, 2.75) is 72.6 Å². The van der Waals surface area contributed by atoms with E-state index < -0.39 is 0 Å². The minimum atomic E-state index is 0. The topological polar surface area (TPSA) is 0 Å². The molecule has 0 atom stereocenters. The van der Waals surface area contributed by atoms with Crippen molar-refractivity contribution in [3.63, 3.8) is 0 Å². The Morgan fingerprint density at radius 3 is 1.56 bits per heavy atom. The molecular formula is C49H48Cl2Zr-2. The first-order valence-corrected chi connectivity index (χ1v) is 19.0. The number of hydrogen-bond acceptors (Lipinski definition) is 0. The molecule has 7 aromatic rings. The molecule has 0 spiro atoms. The van der Waals surface area contributed by atoms with Gasteiger partial charge in [0.1, 0.15) is 0 Å². The van der Waals surface area contributed by atoms with E-state index in [4.69, 9.17) is 0 Å². The Kier molecular flexibility index (Phi) is 13.6. The summed E-state index contributed by atoms with van der Waals surface area (Å²) in [7, 11) is 0. The van der Waals surface area contributed by atoms with E-state index in [0.29, 0.717) is 0 Å². The van der Waals surface area contributed by atoms with Crippen LogP contribution in [0.3, 0.4) is 0 Å². The van der Waals surface area contributed by atoms with Gasteiger partial charge in [-0.05, 0) is 35.4 Å². The molecule has 52 heavy (non-hydrogen) atoms. The molecule has 0 unspecified atom stereocenters. The minimum absolute atomic E-state index is 0. The summed E-state index contributed by atoms with van der Waals surface area (Å²) in [6, 6.07) is 51.4. The maximum absolute atomic E-state index is 3.69. The van der Waals surface area contributed by atoms with Gasteiger partial charge in [0.2, 0.25) is 0 Å². The Morgan fingerprint density at radius 1 is 0.596 bits per heavy atom. The maximum atomic E-state index is 3.69. The summed E-state index contributed by atoms with van der Waals surface area (Å²) in [6.07, 6.45) is 1.03. The summed E-state index contributed by atoms with van der Waals surface area (Å²) in [4.78, 5) is 0. The second-order valence-corrected chi connectivity index (χ2v) is 16.8. The fourth-order valence-corrected chi connectivity index (χ4v) is 8.45. The van der Waals surface area contributed by atoms with E-state index >= 15 is 0 Å². The molecule has 0 aliphatic heterocycles. The van der Waals surface area contributed by atoms with Gasteiger partial charge in [-0.25, -0.2) is 12.1 Å². The molecule has 0 amide bonds. The van der Waals surface area contributed by atoms with Crippen LogP contribution < -0.4 is 24.8 Å². The van der Waals surface area contributed by atoms with Crippen molar-refractivity contribution in [2.75, 3.05) is 0 Å². The molecule has 0 heterocycles. The number of halogens is 2. The van der Waals surface area contributed by atoms with E-state index in [9.17, 15) is 0 Å². The number of rotatable bonds is 2. The van der Waals surface area contributed by atoms with Crippen molar-refractivity contribution in [1.29, 1.82) is 0 Å². The Balaban J connectivity index is 0.000000198. The molecule has 0 aromatic heterocycles. The molecule has 0 radical (unpaired) electrons. The monoisotopic (exact) mass is 796 g/mol. The standard InChI is InChI=1S/C23H29.C21H14.C5H5.2ClH.Zr/c1-14-9-16-11-17-10-15(2)21(23(6,7)8)13-19(17)18(16)12-20(14)22(3,4)5;1-3-13-20-16(7-1)9-5-11-18(20)15-19-12-6-10-17-8-2-4-14-21(17)19;1-2-4-5-3-1;;;/h9,12-13H,11H2,1-8H3;1-14H;1-5H;2*1H;/q-1;;-1;;;+2/p-2. The average molecular weight is 799 g/mol.